The van der Waals surface area contributed by atoms with Crippen LogP contribution in [0.3, 0.4) is 0 Å². The SMILES string of the molecule is [c]1c[c]cc(-c2ccccc2)c1. The molecule has 0 aliphatic carbocycles. The Labute approximate surface area is 72.5 Å². The topological polar surface area (TPSA) is 0 Å². The average molecular weight is 152 g/mol. The molecule has 2 radical (unpaired) electrons. The summed E-state index contributed by atoms with van der Waals surface area (Å²) in [6.07, 6.45) is 0. The number of benzene rings is 2. The first kappa shape index (κ1) is 7.11. The van der Waals surface area contributed by atoms with Gasteiger partial charge < -0.3 is 0 Å². The van der Waals surface area contributed by atoms with Gasteiger partial charge in [-0.1, -0.05) is 30.3 Å². The van der Waals surface area contributed by atoms with Gasteiger partial charge >= 0.3 is 0 Å². The Bertz CT molecular complexity index is 297. The van der Waals surface area contributed by atoms with Gasteiger partial charge in [-0.3, -0.25) is 0 Å². The van der Waals surface area contributed by atoms with Gasteiger partial charge in [-0.15, -0.1) is 0 Å². The highest BCUT2D eigenvalue weighted by Gasteiger charge is 1.92. The summed E-state index contributed by atoms with van der Waals surface area (Å²) >= 11 is 0. The van der Waals surface area contributed by atoms with Crippen molar-refractivity contribution < 1.29 is 0 Å². The van der Waals surface area contributed by atoms with Crippen molar-refractivity contribution >= 4 is 0 Å². The zero-order chi connectivity index (χ0) is 8.23. The minimum Gasteiger partial charge on any atom is -0.0622 e. The van der Waals surface area contributed by atoms with Crippen molar-refractivity contribution in [3.63, 3.8) is 0 Å². The molecule has 2 aromatic rings. The van der Waals surface area contributed by atoms with E-state index in [1.807, 2.05) is 30.3 Å². The van der Waals surface area contributed by atoms with Crippen molar-refractivity contribution in [1.29, 1.82) is 0 Å². The summed E-state index contributed by atoms with van der Waals surface area (Å²) in [7, 11) is 0. The second-order valence-electron chi connectivity index (χ2n) is 2.59. The van der Waals surface area contributed by atoms with E-state index in [1.54, 1.807) is 6.07 Å². The summed E-state index contributed by atoms with van der Waals surface area (Å²) in [6.45, 7) is 0. The molecule has 0 saturated heterocycles. The molecule has 0 unspecified atom stereocenters. The quantitative estimate of drug-likeness (QED) is 0.589. The maximum absolute atomic E-state index is 3.00. The molecule has 0 heterocycles. The first-order valence-electron chi connectivity index (χ1n) is 3.89. The van der Waals surface area contributed by atoms with Crippen LogP contribution in [0.2, 0.25) is 0 Å². The van der Waals surface area contributed by atoms with E-state index < -0.39 is 0 Å². The molecule has 0 aromatic heterocycles. The van der Waals surface area contributed by atoms with Crippen molar-refractivity contribution in [3.8, 4) is 11.1 Å². The fraction of sp³-hybridized carbons (Fsp3) is 0. The van der Waals surface area contributed by atoms with E-state index in [0.717, 1.165) is 5.56 Å². The van der Waals surface area contributed by atoms with Crippen molar-refractivity contribution in [2.24, 2.45) is 0 Å². The van der Waals surface area contributed by atoms with E-state index in [-0.39, 0.29) is 0 Å². The lowest BCUT2D eigenvalue weighted by atomic mass is 10.1. The first-order chi connectivity index (χ1) is 5.97. The van der Waals surface area contributed by atoms with E-state index in [0.29, 0.717) is 0 Å². The molecule has 0 nitrogen and oxygen atoms in total. The molecule has 2 aromatic carbocycles. The largest absolute Gasteiger partial charge is 0.0622 e. The molecule has 12 heavy (non-hydrogen) atoms. The minimum absolute atomic E-state index is 1.16. The summed E-state index contributed by atoms with van der Waals surface area (Å²) in [5, 5.41) is 0. The zero-order valence-corrected chi connectivity index (χ0v) is 6.62. The van der Waals surface area contributed by atoms with Crippen LogP contribution in [0.25, 0.3) is 11.1 Å². The summed E-state index contributed by atoms with van der Waals surface area (Å²) in [5.41, 5.74) is 2.38. The highest BCUT2D eigenvalue weighted by molar-refractivity contribution is 5.62. The average Bonchev–Trinajstić information content (AvgIpc) is 2.21. The van der Waals surface area contributed by atoms with Crippen molar-refractivity contribution in [1.82, 2.24) is 0 Å². The van der Waals surface area contributed by atoms with E-state index in [9.17, 15) is 0 Å². The number of rotatable bonds is 1. The third-order valence-corrected chi connectivity index (χ3v) is 1.75. The number of hydrogen-bond donors (Lipinski definition) is 0. The standard InChI is InChI=1S/C12H8/c1-3-7-11(8-4-1)12-9-5-2-6-10-12/h1-4,7-10H. The molecule has 56 valence electrons. The van der Waals surface area contributed by atoms with Gasteiger partial charge in [-0.05, 0) is 41.5 Å². The number of hydrogen-bond acceptors (Lipinski definition) is 0. The minimum atomic E-state index is 1.16. The molecule has 0 saturated carbocycles. The van der Waals surface area contributed by atoms with Gasteiger partial charge in [-0.2, -0.15) is 0 Å². The lowest BCUT2D eigenvalue weighted by Gasteiger charge is -1.98. The molecular weight excluding hydrogens is 144 g/mol. The van der Waals surface area contributed by atoms with Gasteiger partial charge in [0.2, 0.25) is 0 Å². The maximum atomic E-state index is 3.00. The Morgan fingerprint density at radius 2 is 1.42 bits per heavy atom. The summed E-state index contributed by atoms with van der Waals surface area (Å²) in [5.74, 6) is 0. The molecule has 0 heteroatoms. The van der Waals surface area contributed by atoms with Gasteiger partial charge in [0.25, 0.3) is 0 Å². The monoisotopic (exact) mass is 152 g/mol. The summed E-state index contributed by atoms with van der Waals surface area (Å²) in [4.78, 5) is 0. The molecule has 0 aliphatic rings. The Hall–Kier alpha value is -1.56. The lowest BCUT2D eigenvalue weighted by molar-refractivity contribution is 1.60. The van der Waals surface area contributed by atoms with Gasteiger partial charge in [-0.25, -0.2) is 0 Å². The van der Waals surface area contributed by atoms with Gasteiger partial charge in [0.05, 0.1) is 0 Å². The van der Waals surface area contributed by atoms with Gasteiger partial charge in [0.1, 0.15) is 0 Å². The second kappa shape index (κ2) is 3.22. The molecule has 0 aliphatic heterocycles. The molecule has 0 N–H and O–H groups in total. The van der Waals surface area contributed by atoms with Crippen molar-refractivity contribution in [3.05, 3.63) is 60.7 Å². The zero-order valence-electron chi connectivity index (χ0n) is 6.62. The van der Waals surface area contributed by atoms with Crippen LogP contribution in [-0.2, 0) is 0 Å². The normalized spacial score (nSPS) is 9.67. The smallest absolute Gasteiger partial charge is 0.0171 e. The maximum Gasteiger partial charge on any atom is -0.0171 e. The van der Waals surface area contributed by atoms with Crippen molar-refractivity contribution in [2.75, 3.05) is 0 Å². The summed E-state index contributed by atoms with van der Waals surface area (Å²) in [6, 6.07) is 22.0. The molecule has 0 atom stereocenters. The first-order valence-corrected chi connectivity index (χ1v) is 3.89. The fourth-order valence-electron chi connectivity index (χ4n) is 1.15. The van der Waals surface area contributed by atoms with Crippen LogP contribution in [0.5, 0.6) is 0 Å². The van der Waals surface area contributed by atoms with Crippen LogP contribution in [0.1, 0.15) is 0 Å². The third-order valence-electron chi connectivity index (χ3n) is 1.75. The van der Waals surface area contributed by atoms with Crippen LogP contribution >= 0.6 is 0 Å². The highest BCUT2D eigenvalue weighted by Crippen LogP contribution is 2.16. The molecular formula is C12H8. The second-order valence-corrected chi connectivity index (χ2v) is 2.59. The van der Waals surface area contributed by atoms with Crippen LogP contribution in [0, 0.1) is 12.1 Å². The summed E-state index contributed by atoms with van der Waals surface area (Å²) < 4.78 is 0. The predicted molar refractivity (Wildman–Crippen MR) is 49.6 cm³/mol. The Balaban J connectivity index is 2.46. The van der Waals surface area contributed by atoms with E-state index in [1.165, 1.54) is 5.56 Å². The van der Waals surface area contributed by atoms with Crippen LogP contribution in [0.4, 0.5) is 0 Å². The van der Waals surface area contributed by atoms with Crippen LogP contribution in [-0.4, -0.2) is 0 Å². The van der Waals surface area contributed by atoms with E-state index in [2.05, 4.69) is 24.3 Å². The molecule has 2 rings (SSSR count). The Morgan fingerprint density at radius 3 is 2.08 bits per heavy atom. The molecule has 0 amide bonds. The van der Waals surface area contributed by atoms with Crippen molar-refractivity contribution in [2.45, 2.75) is 0 Å². The predicted octanol–water partition coefficient (Wildman–Crippen LogP) is 2.95. The third kappa shape index (κ3) is 1.37. The Kier molecular flexibility index (Phi) is 1.91. The lowest BCUT2D eigenvalue weighted by Crippen LogP contribution is -1.74. The van der Waals surface area contributed by atoms with Gasteiger partial charge in [0, 0.05) is 0 Å². The highest BCUT2D eigenvalue weighted by atomic mass is 14.0. The van der Waals surface area contributed by atoms with Crippen LogP contribution < -0.4 is 0 Å². The van der Waals surface area contributed by atoms with E-state index >= 15 is 0 Å². The molecule has 0 spiro atoms. The van der Waals surface area contributed by atoms with E-state index in [4.69, 9.17) is 0 Å². The van der Waals surface area contributed by atoms with Gasteiger partial charge in [0.15, 0.2) is 0 Å². The molecule has 0 bridgehead atoms. The molecule has 0 fully saturated rings. The Morgan fingerprint density at radius 1 is 0.750 bits per heavy atom. The fourth-order valence-corrected chi connectivity index (χ4v) is 1.15. The van der Waals surface area contributed by atoms with Crippen LogP contribution in [0.15, 0.2) is 48.5 Å².